The summed E-state index contributed by atoms with van der Waals surface area (Å²) in [7, 11) is -4.35. The molecule has 3 aromatic rings. The summed E-state index contributed by atoms with van der Waals surface area (Å²) in [6, 6.07) is 12.4. The molecular formula is C31H30F4N2O7S. The molecule has 0 heterocycles. The van der Waals surface area contributed by atoms with Gasteiger partial charge in [0.15, 0.2) is 0 Å². The van der Waals surface area contributed by atoms with Crippen LogP contribution in [0.15, 0.2) is 65.6 Å². The van der Waals surface area contributed by atoms with E-state index in [0.717, 1.165) is 29.8 Å². The van der Waals surface area contributed by atoms with Crippen molar-refractivity contribution in [2.75, 3.05) is 12.4 Å². The van der Waals surface area contributed by atoms with Crippen molar-refractivity contribution in [2.45, 2.75) is 55.0 Å². The summed E-state index contributed by atoms with van der Waals surface area (Å²) in [5.41, 5.74) is -4.31. The summed E-state index contributed by atoms with van der Waals surface area (Å²) >= 11 is 0. The fraction of sp³-hybridized carbons (Fsp3) is 0.323. The van der Waals surface area contributed by atoms with Crippen LogP contribution in [-0.4, -0.2) is 50.0 Å². The topological polar surface area (TPSA) is 139 Å². The second-order valence-corrected chi connectivity index (χ2v) is 12.5. The Bertz CT molecular complexity index is 1710. The number of anilines is 1. The minimum absolute atomic E-state index is 0.00120. The van der Waals surface area contributed by atoms with Crippen LogP contribution in [0.25, 0.3) is 11.1 Å². The highest BCUT2D eigenvalue weighted by atomic mass is 32.2. The molecule has 0 saturated heterocycles. The van der Waals surface area contributed by atoms with Gasteiger partial charge in [0.1, 0.15) is 11.6 Å². The molecule has 1 aliphatic carbocycles. The molecule has 1 saturated carbocycles. The maximum Gasteiger partial charge on any atom is 0.501 e. The molecule has 0 aliphatic heterocycles. The molecule has 1 aliphatic rings. The average Bonchev–Trinajstić information content (AvgIpc) is 3.44. The van der Waals surface area contributed by atoms with Crippen LogP contribution in [-0.2, 0) is 25.8 Å². The fourth-order valence-electron chi connectivity index (χ4n) is 5.26. The molecule has 2 atom stereocenters. The molecule has 0 radical (unpaired) electrons. The lowest BCUT2D eigenvalue weighted by molar-refractivity contribution is -0.137. The SMILES string of the molecule is COc1cc(F)c(-c2cccc(CCCC(=O)O)c2)cc1C(=O)N[C@@H]1CCC[C@@H]1C(=O)Nc1cccc(S(=O)(=O)C(F)(F)F)c1. The van der Waals surface area contributed by atoms with Gasteiger partial charge < -0.3 is 20.5 Å². The van der Waals surface area contributed by atoms with Crippen molar-refractivity contribution >= 4 is 33.3 Å². The normalized spacial score (nSPS) is 16.6. The number of aliphatic carboxylic acids is 1. The highest BCUT2D eigenvalue weighted by Gasteiger charge is 2.47. The maximum atomic E-state index is 15.2. The van der Waals surface area contributed by atoms with E-state index in [0.29, 0.717) is 37.7 Å². The quantitative estimate of drug-likeness (QED) is 0.225. The average molecular weight is 651 g/mol. The maximum absolute atomic E-state index is 15.2. The molecule has 3 N–H and O–H groups in total. The number of sulfone groups is 1. The molecule has 14 heteroatoms. The standard InChI is InChI=1S/C31H30F4N2O7S/c1-44-27-17-25(32)23(19-8-2-6-18(14-19)7-3-13-28(38)39)16-24(27)30(41)37-26-12-5-11-22(26)29(40)36-20-9-4-10-21(15-20)45(42,43)31(33,34)35/h2,4,6,8-10,14-17,22,26H,3,5,7,11-13H2,1H3,(H,36,40)(H,37,41)(H,38,39)/t22-,26+/m0/s1. The number of nitrogens with one attached hydrogen (secondary N) is 2. The monoisotopic (exact) mass is 650 g/mol. The molecule has 45 heavy (non-hydrogen) atoms. The zero-order valence-electron chi connectivity index (χ0n) is 24.0. The van der Waals surface area contributed by atoms with Gasteiger partial charge in [0.05, 0.1) is 23.5 Å². The van der Waals surface area contributed by atoms with Crippen molar-refractivity contribution in [1.82, 2.24) is 5.32 Å². The Morgan fingerprint density at radius 1 is 1.02 bits per heavy atom. The predicted molar refractivity (Wildman–Crippen MR) is 156 cm³/mol. The molecule has 2 amide bonds. The highest BCUT2D eigenvalue weighted by Crippen LogP contribution is 2.34. The Morgan fingerprint density at radius 2 is 1.76 bits per heavy atom. The Labute approximate surface area is 256 Å². The van der Waals surface area contributed by atoms with E-state index in [1.165, 1.54) is 19.2 Å². The number of carboxylic acids is 1. The first-order valence-electron chi connectivity index (χ1n) is 13.9. The van der Waals surface area contributed by atoms with Crippen molar-refractivity contribution in [2.24, 2.45) is 5.92 Å². The van der Waals surface area contributed by atoms with E-state index in [9.17, 15) is 36.0 Å². The second kappa shape index (κ2) is 13.7. The number of carbonyl (C=O) groups is 3. The minimum Gasteiger partial charge on any atom is -0.496 e. The zero-order chi connectivity index (χ0) is 32.9. The molecule has 240 valence electrons. The highest BCUT2D eigenvalue weighted by molar-refractivity contribution is 7.92. The van der Waals surface area contributed by atoms with Gasteiger partial charge in [0.25, 0.3) is 15.7 Å². The van der Waals surface area contributed by atoms with Crippen LogP contribution in [0.1, 0.15) is 48.0 Å². The molecule has 0 aromatic heterocycles. The lowest BCUT2D eigenvalue weighted by Crippen LogP contribution is -2.42. The molecule has 4 rings (SSSR count). The number of carbonyl (C=O) groups excluding carboxylic acids is 2. The van der Waals surface area contributed by atoms with Crippen molar-refractivity contribution in [3.05, 3.63) is 77.6 Å². The predicted octanol–water partition coefficient (Wildman–Crippen LogP) is 5.74. The Balaban J connectivity index is 1.52. The van der Waals surface area contributed by atoms with Gasteiger partial charge in [0, 0.05) is 29.8 Å². The molecular weight excluding hydrogens is 620 g/mol. The number of carboxylic acid groups (broad SMARTS) is 1. The number of hydrogen-bond acceptors (Lipinski definition) is 6. The van der Waals surface area contributed by atoms with E-state index in [-0.39, 0.29) is 29.0 Å². The second-order valence-electron chi connectivity index (χ2n) is 10.6. The van der Waals surface area contributed by atoms with Crippen LogP contribution in [0.5, 0.6) is 5.75 Å². The van der Waals surface area contributed by atoms with Gasteiger partial charge in [-0.25, -0.2) is 12.8 Å². The van der Waals surface area contributed by atoms with Crippen molar-refractivity contribution in [3.8, 4) is 16.9 Å². The van der Waals surface area contributed by atoms with Gasteiger partial charge in [-0.3, -0.25) is 14.4 Å². The van der Waals surface area contributed by atoms with Gasteiger partial charge in [-0.15, -0.1) is 0 Å². The van der Waals surface area contributed by atoms with Gasteiger partial charge >= 0.3 is 11.5 Å². The van der Waals surface area contributed by atoms with Crippen LogP contribution in [0.3, 0.4) is 0 Å². The molecule has 1 fully saturated rings. The third-order valence-electron chi connectivity index (χ3n) is 7.51. The number of methoxy groups -OCH3 is 1. The first-order chi connectivity index (χ1) is 21.2. The summed E-state index contributed by atoms with van der Waals surface area (Å²) in [4.78, 5) is 36.4. The minimum atomic E-state index is -5.62. The Morgan fingerprint density at radius 3 is 2.44 bits per heavy atom. The summed E-state index contributed by atoms with van der Waals surface area (Å²) in [6.07, 6.45) is 2.13. The lowest BCUT2D eigenvalue weighted by atomic mass is 9.97. The first kappa shape index (κ1) is 33.4. The van der Waals surface area contributed by atoms with Crippen molar-refractivity contribution in [3.63, 3.8) is 0 Å². The number of ether oxygens (including phenoxy) is 1. The van der Waals surface area contributed by atoms with E-state index < -0.39 is 55.8 Å². The molecule has 9 nitrogen and oxygen atoms in total. The number of alkyl halides is 3. The van der Waals surface area contributed by atoms with Gasteiger partial charge in [-0.2, -0.15) is 13.2 Å². The number of rotatable bonds is 11. The molecule has 3 aromatic carbocycles. The first-order valence-corrected chi connectivity index (χ1v) is 15.4. The molecule has 0 unspecified atom stereocenters. The largest absolute Gasteiger partial charge is 0.501 e. The molecule has 0 spiro atoms. The van der Waals surface area contributed by atoms with Crippen LogP contribution >= 0.6 is 0 Å². The van der Waals surface area contributed by atoms with Crippen LogP contribution in [0, 0.1) is 11.7 Å². The van der Waals surface area contributed by atoms with E-state index in [4.69, 9.17) is 9.84 Å². The number of aryl methyl sites for hydroxylation is 1. The van der Waals surface area contributed by atoms with Crippen LogP contribution in [0.2, 0.25) is 0 Å². The van der Waals surface area contributed by atoms with E-state index >= 15 is 4.39 Å². The van der Waals surface area contributed by atoms with E-state index in [1.807, 2.05) is 0 Å². The number of benzene rings is 3. The summed E-state index contributed by atoms with van der Waals surface area (Å²) < 4.78 is 83.0. The fourth-order valence-corrected chi connectivity index (χ4v) is 6.07. The Hall–Kier alpha value is -4.46. The van der Waals surface area contributed by atoms with Crippen molar-refractivity contribution < 1.29 is 50.2 Å². The van der Waals surface area contributed by atoms with Gasteiger partial charge in [-0.05, 0) is 61.1 Å². The van der Waals surface area contributed by atoms with Crippen molar-refractivity contribution in [1.29, 1.82) is 0 Å². The van der Waals surface area contributed by atoms with Crippen LogP contribution in [0.4, 0.5) is 23.2 Å². The number of halogens is 4. The van der Waals surface area contributed by atoms with Crippen LogP contribution < -0.4 is 15.4 Å². The Kier molecular flexibility index (Phi) is 10.2. The van der Waals surface area contributed by atoms with Gasteiger partial charge in [-0.1, -0.05) is 36.8 Å². The smallest absolute Gasteiger partial charge is 0.496 e. The number of amides is 2. The summed E-state index contributed by atoms with van der Waals surface area (Å²) in [5.74, 6) is -3.67. The zero-order valence-corrected chi connectivity index (χ0v) is 24.8. The lowest BCUT2D eigenvalue weighted by Gasteiger charge is -2.22. The molecule has 0 bridgehead atoms. The number of hydrogen-bond donors (Lipinski definition) is 3. The van der Waals surface area contributed by atoms with E-state index in [1.54, 1.807) is 24.3 Å². The van der Waals surface area contributed by atoms with E-state index in [2.05, 4.69) is 10.6 Å². The third kappa shape index (κ3) is 7.80. The summed E-state index contributed by atoms with van der Waals surface area (Å²) in [5, 5.41) is 14.1. The summed E-state index contributed by atoms with van der Waals surface area (Å²) in [6.45, 7) is 0. The third-order valence-corrected chi connectivity index (χ3v) is 9.00. The van der Waals surface area contributed by atoms with Gasteiger partial charge in [0.2, 0.25) is 5.91 Å².